The van der Waals surface area contributed by atoms with E-state index in [9.17, 15) is 9.59 Å². The van der Waals surface area contributed by atoms with Gasteiger partial charge in [-0.25, -0.2) is 4.79 Å². The molecule has 6 nitrogen and oxygen atoms in total. The molecule has 0 aliphatic carbocycles. The Kier molecular flexibility index (Phi) is 4.50. The van der Waals surface area contributed by atoms with Crippen LogP contribution in [0.3, 0.4) is 0 Å². The molecule has 6 heteroatoms. The van der Waals surface area contributed by atoms with Crippen LogP contribution in [0.1, 0.15) is 37.8 Å². The van der Waals surface area contributed by atoms with E-state index in [2.05, 4.69) is 5.32 Å². The number of rotatable bonds is 5. The number of aryl methyl sites for hydroxylation is 2. The number of nitrogens with one attached hydrogen (secondary N) is 1. The smallest absolute Gasteiger partial charge is 0.339 e. The average molecular weight is 303 g/mol. The second-order valence-electron chi connectivity index (χ2n) is 4.87. The maximum absolute atomic E-state index is 12.2. The topological polar surface area (TPSA) is 88.8 Å². The van der Waals surface area contributed by atoms with Gasteiger partial charge in [0.2, 0.25) is 0 Å². The van der Waals surface area contributed by atoms with Crippen molar-refractivity contribution in [2.75, 3.05) is 7.11 Å². The van der Waals surface area contributed by atoms with Crippen molar-refractivity contribution >= 4 is 11.9 Å². The summed E-state index contributed by atoms with van der Waals surface area (Å²) in [5.74, 6) is -0.199. The first-order valence-electron chi connectivity index (χ1n) is 6.67. The molecule has 0 fully saturated rings. The molecule has 1 amide bonds. The first-order chi connectivity index (χ1) is 10.4. The van der Waals surface area contributed by atoms with E-state index in [1.807, 2.05) is 13.0 Å². The summed E-state index contributed by atoms with van der Waals surface area (Å²) < 4.78 is 10.5. The highest BCUT2D eigenvalue weighted by Crippen LogP contribution is 2.20. The van der Waals surface area contributed by atoms with Gasteiger partial charge in [0.1, 0.15) is 22.8 Å². The van der Waals surface area contributed by atoms with Crippen molar-refractivity contribution in [3.8, 4) is 5.75 Å². The molecule has 2 rings (SSSR count). The van der Waals surface area contributed by atoms with Crippen molar-refractivity contribution in [2.24, 2.45) is 0 Å². The minimum Gasteiger partial charge on any atom is -0.496 e. The minimum absolute atomic E-state index is 0.0948. The van der Waals surface area contributed by atoms with Gasteiger partial charge in [0.05, 0.1) is 19.2 Å². The number of hydrogen-bond donors (Lipinski definition) is 2. The Bertz CT molecular complexity index is 717. The van der Waals surface area contributed by atoms with E-state index in [-0.39, 0.29) is 18.0 Å². The van der Waals surface area contributed by atoms with Crippen molar-refractivity contribution < 1.29 is 23.8 Å². The van der Waals surface area contributed by atoms with Gasteiger partial charge < -0.3 is 19.6 Å². The molecule has 1 aromatic heterocycles. The summed E-state index contributed by atoms with van der Waals surface area (Å²) in [7, 11) is 1.50. The molecule has 0 saturated carbocycles. The maximum atomic E-state index is 12.2. The van der Waals surface area contributed by atoms with Gasteiger partial charge in [-0.05, 0) is 32.0 Å². The highest BCUT2D eigenvalue weighted by atomic mass is 16.5. The molecule has 0 bridgehead atoms. The van der Waals surface area contributed by atoms with Crippen LogP contribution in [-0.2, 0) is 6.54 Å². The van der Waals surface area contributed by atoms with Gasteiger partial charge in [-0.1, -0.05) is 11.6 Å². The van der Waals surface area contributed by atoms with E-state index >= 15 is 0 Å². The summed E-state index contributed by atoms with van der Waals surface area (Å²) in [5, 5.41) is 11.7. The molecule has 0 spiro atoms. The zero-order chi connectivity index (χ0) is 16.3. The largest absolute Gasteiger partial charge is 0.496 e. The Labute approximate surface area is 127 Å². The monoisotopic (exact) mass is 303 g/mol. The van der Waals surface area contributed by atoms with Crippen LogP contribution in [0.2, 0.25) is 0 Å². The van der Waals surface area contributed by atoms with Gasteiger partial charge in [-0.15, -0.1) is 0 Å². The number of amides is 1. The zero-order valence-electron chi connectivity index (χ0n) is 12.6. The van der Waals surface area contributed by atoms with Crippen LogP contribution >= 0.6 is 0 Å². The Balaban J connectivity index is 2.12. The summed E-state index contributed by atoms with van der Waals surface area (Å²) >= 11 is 0. The van der Waals surface area contributed by atoms with E-state index in [4.69, 9.17) is 14.3 Å². The molecule has 2 aromatic rings. The SMILES string of the molecule is COc1ccc(C)cc1C(=O)NCc1cc(C(=O)O)c(C)o1. The van der Waals surface area contributed by atoms with Crippen molar-refractivity contribution in [3.63, 3.8) is 0 Å². The van der Waals surface area contributed by atoms with E-state index in [0.29, 0.717) is 22.8 Å². The fourth-order valence-corrected chi connectivity index (χ4v) is 2.11. The average Bonchev–Trinajstić information content (AvgIpc) is 2.86. The molecule has 0 unspecified atom stereocenters. The van der Waals surface area contributed by atoms with E-state index in [1.165, 1.54) is 13.2 Å². The molecule has 116 valence electrons. The molecule has 0 saturated heterocycles. The van der Waals surface area contributed by atoms with Crippen LogP contribution in [0, 0.1) is 13.8 Å². The van der Waals surface area contributed by atoms with E-state index in [1.54, 1.807) is 19.1 Å². The van der Waals surface area contributed by atoms with Gasteiger partial charge in [0.25, 0.3) is 5.91 Å². The molecule has 0 radical (unpaired) electrons. The van der Waals surface area contributed by atoms with E-state index < -0.39 is 5.97 Å². The molecule has 0 aliphatic rings. The number of carbonyl (C=O) groups is 2. The second-order valence-corrected chi connectivity index (χ2v) is 4.87. The number of aromatic carboxylic acids is 1. The molecule has 1 heterocycles. The lowest BCUT2D eigenvalue weighted by Crippen LogP contribution is -2.23. The standard InChI is InChI=1S/C16H17NO5/c1-9-4-5-14(21-3)13(6-9)15(18)17-8-11-7-12(16(19)20)10(2)22-11/h4-7H,8H2,1-3H3,(H,17,18)(H,19,20). The fraction of sp³-hybridized carbons (Fsp3) is 0.250. The third kappa shape index (κ3) is 3.28. The highest BCUT2D eigenvalue weighted by molar-refractivity contribution is 5.97. The summed E-state index contributed by atoms with van der Waals surface area (Å²) in [6, 6.07) is 6.71. The number of carboxylic acid groups (broad SMARTS) is 1. The Morgan fingerprint density at radius 1 is 1.23 bits per heavy atom. The number of methoxy groups -OCH3 is 1. The van der Waals surface area contributed by atoms with Crippen LogP contribution in [-0.4, -0.2) is 24.1 Å². The molecule has 2 N–H and O–H groups in total. The number of hydrogen-bond acceptors (Lipinski definition) is 4. The van der Waals surface area contributed by atoms with Crippen molar-refractivity contribution in [2.45, 2.75) is 20.4 Å². The van der Waals surface area contributed by atoms with Gasteiger partial charge >= 0.3 is 5.97 Å². The highest BCUT2D eigenvalue weighted by Gasteiger charge is 2.16. The number of ether oxygens (including phenoxy) is 1. The third-order valence-corrected chi connectivity index (χ3v) is 3.22. The number of benzene rings is 1. The second kappa shape index (κ2) is 6.34. The Hall–Kier alpha value is -2.76. The van der Waals surface area contributed by atoms with Crippen LogP contribution < -0.4 is 10.1 Å². The molecule has 22 heavy (non-hydrogen) atoms. The third-order valence-electron chi connectivity index (χ3n) is 3.22. The van der Waals surface area contributed by atoms with Crippen molar-refractivity contribution in [1.29, 1.82) is 0 Å². The lowest BCUT2D eigenvalue weighted by Gasteiger charge is -2.09. The summed E-state index contributed by atoms with van der Waals surface area (Å²) in [6.07, 6.45) is 0. The molecule has 0 aliphatic heterocycles. The van der Waals surface area contributed by atoms with Gasteiger partial charge in [0.15, 0.2) is 0 Å². The molecule has 1 aromatic carbocycles. The summed E-state index contributed by atoms with van der Waals surface area (Å²) in [4.78, 5) is 23.2. The fourth-order valence-electron chi connectivity index (χ4n) is 2.11. The van der Waals surface area contributed by atoms with Crippen LogP contribution in [0.25, 0.3) is 0 Å². The predicted octanol–water partition coefficient (Wildman–Crippen LogP) is 2.53. The van der Waals surface area contributed by atoms with Gasteiger partial charge in [0, 0.05) is 0 Å². The first kappa shape index (κ1) is 15.6. The van der Waals surface area contributed by atoms with Gasteiger partial charge in [-0.3, -0.25) is 4.79 Å². The molecular formula is C16H17NO5. The Morgan fingerprint density at radius 2 is 1.95 bits per heavy atom. The summed E-state index contributed by atoms with van der Waals surface area (Å²) in [6.45, 7) is 3.55. The van der Waals surface area contributed by atoms with Crippen LogP contribution in [0.5, 0.6) is 5.75 Å². The predicted molar refractivity (Wildman–Crippen MR) is 79.3 cm³/mol. The number of furan rings is 1. The van der Waals surface area contributed by atoms with Gasteiger partial charge in [-0.2, -0.15) is 0 Å². The summed E-state index contributed by atoms with van der Waals surface area (Å²) in [5.41, 5.74) is 1.45. The van der Waals surface area contributed by atoms with Crippen LogP contribution in [0.15, 0.2) is 28.7 Å². The first-order valence-corrected chi connectivity index (χ1v) is 6.67. The lowest BCUT2D eigenvalue weighted by molar-refractivity contribution is 0.0694. The zero-order valence-corrected chi connectivity index (χ0v) is 12.6. The van der Waals surface area contributed by atoms with Crippen molar-refractivity contribution in [3.05, 3.63) is 52.5 Å². The normalized spacial score (nSPS) is 10.3. The quantitative estimate of drug-likeness (QED) is 0.886. The number of carboxylic acids is 1. The van der Waals surface area contributed by atoms with E-state index in [0.717, 1.165) is 5.56 Å². The van der Waals surface area contributed by atoms with Crippen molar-refractivity contribution in [1.82, 2.24) is 5.32 Å². The minimum atomic E-state index is -1.06. The lowest BCUT2D eigenvalue weighted by atomic mass is 10.1. The van der Waals surface area contributed by atoms with Crippen LogP contribution in [0.4, 0.5) is 0 Å². The number of carbonyl (C=O) groups excluding carboxylic acids is 1. The maximum Gasteiger partial charge on any atom is 0.339 e. The Morgan fingerprint density at radius 3 is 2.55 bits per heavy atom. The molecular weight excluding hydrogens is 286 g/mol. The molecule has 0 atom stereocenters.